The zero-order valence-electron chi connectivity index (χ0n) is 19.2. The number of rotatable bonds is 12. The van der Waals surface area contributed by atoms with Gasteiger partial charge in [0.15, 0.2) is 0 Å². The number of benzene rings is 3. The van der Waals surface area contributed by atoms with Gasteiger partial charge in [-0.3, -0.25) is 0 Å². The van der Waals surface area contributed by atoms with Gasteiger partial charge in [-0.05, 0) is 37.5 Å². The summed E-state index contributed by atoms with van der Waals surface area (Å²) in [6, 6.07) is 31.0. The van der Waals surface area contributed by atoms with E-state index in [1.54, 1.807) is 6.92 Å². The highest BCUT2D eigenvalue weighted by Gasteiger charge is 2.37. The number of hydrogen-bond acceptors (Lipinski definition) is 4. The van der Waals surface area contributed by atoms with Gasteiger partial charge in [-0.15, -0.1) is 0 Å². The topological polar surface area (TPSA) is 47.9 Å². The molecule has 0 radical (unpaired) electrons. The average Bonchev–Trinajstić information content (AvgIpc) is 2.84. The summed E-state index contributed by atoms with van der Waals surface area (Å²) in [5.41, 5.74) is 2.45. The molecule has 170 valence electrons. The van der Waals surface area contributed by atoms with Crippen molar-refractivity contribution in [3.63, 3.8) is 0 Å². The van der Waals surface area contributed by atoms with Crippen molar-refractivity contribution in [1.82, 2.24) is 0 Å². The van der Waals surface area contributed by atoms with E-state index in [4.69, 9.17) is 14.2 Å². The number of ether oxygens (including phenoxy) is 3. The average molecular weight is 435 g/mol. The number of aliphatic hydroxyl groups is 1. The van der Waals surface area contributed by atoms with Crippen molar-refractivity contribution < 1.29 is 19.3 Å². The van der Waals surface area contributed by atoms with Crippen LogP contribution in [0.4, 0.5) is 0 Å². The van der Waals surface area contributed by atoms with Crippen molar-refractivity contribution in [2.75, 3.05) is 19.8 Å². The van der Waals surface area contributed by atoms with Crippen LogP contribution in [0.1, 0.15) is 37.5 Å². The minimum atomic E-state index is -0.754. The molecular formula is C28H34O4. The summed E-state index contributed by atoms with van der Waals surface area (Å²) >= 11 is 0. The van der Waals surface area contributed by atoms with Gasteiger partial charge < -0.3 is 19.3 Å². The second kappa shape index (κ2) is 11.9. The Morgan fingerprint density at radius 1 is 0.594 bits per heavy atom. The third-order valence-electron chi connectivity index (χ3n) is 5.31. The molecule has 0 aromatic heterocycles. The predicted octanol–water partition coefficient (Wildman–Crippen LogP) is 5.19. The molecule has 3 atom stereocenters. The van der Waals surface area contributed by atoms with Crippen molar-refractivity contribution in [3.8, 4) is 0 Å². The van der Waals surface area contributed by atoms with Crippen molar-refractivity contribution in [2.45, 2.75) is 44.7 Å². The van der Waals surface area contributed by atoms with Crippen LogP contribution < -0.4 is 0 Å². The van der Waals surface area contributed by atoms with Crippen molar-refractivity contribution in [2.24, 2.45) is 0 Å². The standard InChI is InChI=1S/C28H34O4/c1-22(29)19-30-23(2)20-31-24(3)21-32-28(25-13-7-4-8-14-25,26-15-9-5-10-16-26)27-17-11-6-12-18-27/h4-18,22-24,29H,19-21H2,1-3H3. The van der Waals surface area contributed by atoms with E-state index >= 15 is 0 Å². The van der Waals surface area contributed by atoms with Crippen LogP contribution in [0.25, 0.3) is 0 Å². The highest BCUT2D eigenvalue weighted by Crippen LogP contribution is 2.40. The maximum absolute atomic E-state index is 9.39. The van der Waals surface area contributed by atoms with E-state index in [-0.39, 0.29) is 12.2 Å². The molecule has 4 heteroatoms. The van der Waals surface area contributed by atoms with Gasteiger partial charge >= 0.3 is 0 Å². The summed E-state index contributed by atoms with van der Waals surface area (Å²) in [6.07, 6.45) is -0.723. The molecule has 3 aromatic rings. The second-order valence-electron chi connectivity index (χ2n) is 8.23. The first kappa shape index (κ1) is 24.1. The van der Waals surface area contributed by atoms with Crippen molar-refractivity contribution in [1.29, 1.82) is 0 Å². The molecule has 0 heterocycles. The summed E-state index contributed by atoms with van der Waals surface area (Å²) in [5, 5.41) is 9.39. The lowest BCUT2D eigenvalue weighted by Gasteiger charge is -2.36. The Kier molecular flexibility index (Phi) is 9.00. The summed E-state index contributed by atoms with van der Waals surface area (Å²) in [4.78, 5) is 0. The monoisotopic (exact) mass is 434 g/mol. The van der Waals surface area contributed by atoms with Gasteiger partial charge in [-0.25, -0.2) is 0 Å². The smallest absolute Gasteiger partial charge is 0.143 e. The Balaban J connectivity index is 1.84. The van der Waals surface area contributed by atoms with E-state index in [2.05, 4.69) is 36.4 Å². The zero-order valence-corrected chi connectivity index (χ0v) is 19.2. The maximum atomic E-state index is 9.39. The fourth-order valence-electron chi connectivity index (χ4n) is 3.71. The molecule has 3 aromatic carbocycles. The van der Waals surface area contributed by atoms with Gasteiger partial charge in [-0.1, -0.05) is 91.0 Å². The molecule has 32 heavy (non-hydrogen) atoms. The Hall–Kier alpha value is -2.50. The van der Waals surface area contributed by atoms with Crippen LogP contribution in [-0.4, -0.2) is 43.2 Å². The lowest BCUT2D eigenvalue weighted by atomic mass is 9.80. The third kappa shape index (κ3) is 6.27. The first-order chi connectivity index (χ1) is 15.5. The first-order valence-corrected chi connectivity index (χ1v) is 11.2. The fraction of sp³-hybridized carbons (Fsp3) is 0.357. The van der Waals surface area contributed by atoms with E-state index < -0.39 is 11.7 Å². The van der Waals surface area contributed by atoms with Crippen molar-refractivity contribution >= 4 is 0 Å². The minimum absolute atomic E-state index is 0.103. The molecule has 0 saturated carbocycles. The molecule has 0 aliphatic heterocycles. The molecule has 3 unspecified atom stereocenters. The summed E-state index contributed by atoms with van der Waals surface area (Å²) in [5.74, 6) is 0. The molecule has 3 rings (SSSR count). The quantitative estimate of drug-likeness (QED) is 0.399. The molecule has 0 aliphatic rings. The molecule has 0 bridgehead atoms. The zero-order chi connectivity index (χ0) is 22.8. The molecule has 0 saturated heterocycles. The summed E-state index contributed by atoms with van der Waals surface area (Å²) in [6.45, 7) is 6.80. The third-order valence-corrected chi connectivity index (χ3v) is 5.31. The van der Waals surface area contributed by atoms with Gasteiger partial charge in [0.25, 0.3) is 0 Å². The van der Waals surface area contributed by atoms with E-state index in [9.17, 15) is 5.11 Å². The predicted molar refractivity (Wildman–Crippen MR) is 128 cm³/mol. The normalized spacial score (nSPS) is 14.6. The highest BCUT2D eigenvalue weighted by atomic mass is 16.6. The first-order valence-electron chi connectivity index (χ1n) is 11.2. The Morgan fingerprint density at radius 3 is 1.38 bits per heavy atom. The van der Waals surface area contributed by atoms with Crippen LogP contribution in [0, 0.1) is 0 Å². The van der Waals surface area contributed by atoms with E-state index in [0.717, 1.165) is 16.7 Å². The fourth-order valence-corrected chi connectivity index (χ4v) is 3.71. The molecule has 4 nitrogen and oxygen atoms in total. The minimum Gasteiger partial charge on any atom is -0.391 e. The largest absolute Gasteiger partial charge is 0.391 e. The molecule has 0 amide bonds. The molecule has 0 fully saturated rings. The van der Waals surface area contributed by atoms with Gasteiger partial charge in [0, 0.05) is 0 Å². The van der Waals surface area contributed by atoms with Crippen LogP contribution >= 0.6 is 0 Å². The maximum Gasteiger partial charge on any atom is 0.143 e. The van der Waals surface area contributed by atoms with Gasteiger partial charge in [0.05, 0.1) is 38.1 Å². The summed E-state index contributed by atoms with van der Waals surface area (Å²) < 4.78 is 18.4. The Labute approximate surface area is 191 Å². The molecule has 0 aliphatic carbocycles. The highest BCUT2D eigenvalue weighted by molar-refractivity contribution is 5.47. The lowest BCUT2D eigenvalue weighted by Crippen LogP contribution is -2.36. The van der Waals surface area contributed by atoms with Gasteiger partial charge in [-0.2, -0.15) is 0 Å². The van der Waals surface area contributed by atoms with Crippen LogP contribution in [0.5, 0.6) is 0 Å². The van der Waals surface area contributed by atoms with E-state index in [0.29, 0.717) is 19.8 Å². The lowest BCUT2D eigenvalue weighted by molar-refractivity contribution is -0.0895. The Morgan fingerprint density at radius 2 is 0.969 bits per heavy atom. The van der Waals surface area contributed by atoms with Crippen LogP contribution in [-0.2, 0) is 19.8 Å². The number of hydrogen-bond donors (Lipinski definition) is 1. The van der Waals surface area contributed by atoms with Crippen molar-refractivity contribution in [3.05, 3.63) is 108 Å². The SMILES string of the molecule is CC(O)COC(C)COC(C)COC(c1ccccc1)(c1ccccc1)c1ccccc1. The summed E-state index contributed by atoms with van der Waals surface area (Å²) in [7, 11) is 0. The van der Waals surface area contributed by atoms with Gasteiger partial charge in [0.2, 0.25) is 0 Å². The van der Waals surface area contributed by atoms with Crippen LogP contribution in [0.3, 0.4) is 0 Å². The Bertz CT molecular complexity index is 800. The van der Waals surface area contributed by atoms with Crippen LogP contribution in [0.2, 0.25) is 0 Å². The van der Waals surface area contributed by atoms with E-state index in [1.807, 2.05) is 68.4 Å². The van der Waals surface area contributed by atoms with Gasteiger partial charge in [0.1, 0.15) is 5.60 Å². The molecule has 1 N–H and O–H groups in total. The molecule has 0 spiro atoms. The second-order valence-corrected chi connectivity index (χ2v) is 8.23. The van der Waals surface area contributed by atoms with Crippen LogP contribution in [0.15, 0.2) is 91.0 Å². The number of aliphatic hydroxyl groups excluding tert-OH is 1. The molecular weight excluding hydrogens is 400 g/mol. The van der Waals surface area contributed by atoms with E-state index in [1.165, 1.54) is 0 Å².